The van der Waals surface area contributed by atoms with Gasteiger partial charge in [-0.05, 0) is 37.1 Å². The van der Waals surface area contributed by atoms with Crippen molar-refractivity contribution in [3.8, 4) is 0 Å². The highest BCUT2D eigenvalue weighted by molar-refractivity contribution is 7.09. The number of hydrogen-bond donors (Lipinski definition) is 1. The molecule has 0 bridgehead atoms. The molecule has 2 aromatic heterocycles. The van der Waals surface area contributed by atoms with E-state index in [1.165, 1.54) is 4.88 Å². The van der Waals surface area contributed by atoms with Crippen molar-refractivity contribution in [1.29, 1.82) is 0 Å². The molecule has 0 saturated carbocycles. The van der Waals surface area contributed by atoms with Crippen LogP contribution >= 0.6 is 11.3 Å². The molecule has 5 rings (SSSR count). The summed E-state index contributed by atoms with van der Waals surface area (Å²) in [6, 6.07) is 4.20. The van der Waals surface area contributed by atoms with Gasteiger partial charge < -0.3 is 14.6 Å². The maximum absolute atomic E-state index is 12.9. The topological polar surface area (TPSA) is 78.5 Å². The van der Waals surface area contributed by atoms with Crippen molar-refractivity contribution < 1.29 is 9.53 Å². The smallest absolute Gasteiger partial charge is 0.255 e. The quantitative estimate of drug-likeness (QED) is 0.808. The van der Waals surface area contributed by atoms with Gasteiger partial charge in [0.15, 0.2) is 0 Å². The van der Waals surface area contributed by atoms with E-state index in [4.69, 9.17) is 9.72 Å². The number of amides is 1. The van der Waals surface area contributed by atoms with Crippen LogP contribution in [0.2, 0.25) is 0 Å². The van der Waals surface area contributed by atoms with E-state index in [1.54, 1.807) is 11.3 Å². The zero-order valence-corrected chi connectivity index (χ0v) is 18.0. The van der Waals surface area contributed by atoms with Crippen molar-refractivity contribution in [2.75, 3.05) is 26.2 Å². The SMILES string of the molecule is O=C([C@@H]1CCCO1)N1CCC[C@H](c2nc3c(c(=O)[nH]2)CN(Cc2cccs2)CC3)C1. The fraction of sp³-hybridized carbons (Fsp3) is 0.591. The molecule has 0 unspecified atom stereocenters. The largest absolute Gasteiger partial charge is 0.368 e. The van der Waals surface area contributed by atoms with Gasteiger partial charge in [-0.2, -0.15) is 0 Å². The molecule has 7 nitrogen and oxygen atoms in total. The van der Waals surface area contributed by atoms with Crippen molar-refractivity contribution in [3.05, 3.63) is 49.8 Å². The lowest BCUT2D eigenvalue weighted by atomic mass is 9.95. The third kappa shape index (κ3) is 4.08. The van der Waals surface area contributed by atoms with Crippen LogP contribution in [0.5, 0.6) is 0 Å². The summed E-state index contributed by atoms with van der Waals surface area (Å²) in [4.78, 5) is 39.1. The van der Waals surface area contributed by atoms with Crippen LogP contribution in [0.3, 0.4) is 0 Å². The zero-order valence-electron chi connectivity index (χ0n) is 17.1. The van der Waals surface area contributed by atoms with E-state index < -0.39 is 0 Å². The normalized spacial score (nSPS) is 24.7. The van der Waals surface area contributed by atoms with E-state index in [-0.39, 0.29) is 23.5 Å². The Hall–Kier alpha value is -2.03. The number of H-pyrrole nitrogens is 1. The summed E-state index contributed by atoms with van der Waals surface area (Å²) in [5.41, 5.74) is 1.71. The fourth-order valence-electron chi connectivity index (χ4n) is 4.83. The molecule has 0 aromatic carbocycles. The monoisotopic (exact) mass is 428 g/mol. The molecule has 2 aromatic rings. The molecule has 5 heterocycles. The van der Waals surface area contributed by atoms with E-state index in [1.807, 2.05) is 4.90 Å². The Kier molecular flexibility index (Phi) is 5.71. The molecular weight excluding hydrogens is 400 g/mol. The first-order chi connectivity index (χ1) is 14.7. The molecule has 3 aliphatic heterocycles. The van der Waals surface area contributed by atoms with Gasteiger partial charge in [-0.1, -0.05) is 6.07 Å². The van der Waals surface area contributed by atoms with E-state index in [9.17, 15) is 9.59 Å². The molecule has 0 spiro atoms. The van der Waals surface area contributed by atoms with Crippen LogP contribution in [0.1, 0.15) is 53.6 Å². The Morgan fingerprint density at radius 3 is 3.03 bits per heavy atom. The van der Waals surface area contributed by atoms with E-state index in [2.05, 4.69) is 27.4 Å². The Bertz CT molecular complexity index is 952. The summed E-state index contributed by atoms with van der Waals surface area (Å²) in [6.45, 7) is 4.49. The van der Waals surface area contributed by atoms with Gasteiger partial charge in [-0.3, -0.25) is 14.5 Å². The number of rotatable bonds is 4. The molecule has 2 saturated heterocycles. The zero-order chi connectivity index (χ0) is 20.5. The van der Waals surface area contributed by atoms with Crippen molar-refractivity contribution >= 4 is 17.2 Å². The molecule has 2 fully saturated rings. The van der Waals surface area contributed by atoms with Crippen molar-refractivity contribution in [2.45, 2.75) is 57.2 Å². The number of thiophene rings is 1. The maximum Gasteiger partial charge on any atom is 0.255 e. The van der Waals surface area contributed by atoms with Gasteiger partial charge in [0.05, 0.1) is 11.3 Å². The molecule has 160 valence electrons. The van der Waals surface area contributed by atoms with Crippen molar-refractivity contribution in [1.82, 2.24) is 19.8 Å². The van der Waals surface area contributed by atoms with Crippen molar-refractivity contribution in [3.63, 3.8) is 0 Å². The van der Waals surface area contributed by atoms with E-state index in [0.717, 1.165) is 68.8 Å². The first-order valence-electron chi connectivity index (χ1n) is 10.9. The average Bonchev–Trinajstić information content (AvgIpc) is 3.48. The number of hydrogen-bond acceptors (Lipinski definition) is 6. The minimum Gasteiger partial charge on any atom is -0.368 e. The average molecular weight is 429 g/mol. The highest BCUT2D eigenvalue weighted by Gasteiger charge is 2.33. The summed E-state index contributed by atoms with van der Waals surface area (Å²) >= 11 is 1.75. The number of fused-ring (bicyclic) bond motifs is 1. The van der Waals surface area contributed by atoms with Crippen LogP contribution in [0.25, 0.3) is 0 Å². The third-order valence-electron chi connectivity index (χ3n) is 6.45. The molecule has 0 aliphatic carbocycles. The van der Waals surface area contributed by atoms with Crippen LogP contribution in [-0.2, 0) is 29.0 Å². The molecule has 30 heavy (non-hydrogen) atoms. The number of carbonyl (C=O) groups excluding carboxylic acids is 1. The molecular formula is C22H28N4O3S. The molecule has 8 heteroatoms. The number of piperidine rings is 1. The molecule has 0 radical (unpaired) electrons. The van der Waals surface area contributed by atoms with Gasteiger partial charge >= 0.3 is 0 Å². The Balaban J connectivity index is 1.29. The highest BCUT2D eigenvalue weighted by atomic mass is 32.1. The number of aromatic nitrogens is 2. The van der Waals surface area contributed by atoms with Crippen LogP contribution in [-0.4, -0.2) is 58.0 Å². The van der Waals surface area contributed by atoms with Crippen molar-refractivity contribution in [2.24, 2.45) is 0 Å². The van der Waals surface area contributed by atoms with Crippen LogP contribution in [0.15, 0.2) is 22.3 Å². The first kappa shape index (κ1) is 19.9. The van der Waals surface area contributed by atoms with Gasteiger partial charge in [0.2, 0.25) is 0 Å². The Morgan fingerprint density at radius 2 is 2.23 bits per heavy atom. The summed E-state index contributed by atoms with van der Waals surface area (Å²) in [6.07, 6.45) is 4.16. The maximum atomic E-state index is 12.9. The summed E-state index contributed by atoms with van der Waals surface area (Å²) in [5.74, 6) is 0.934. The Labute approximate surface area is 180 Å². The number of nitrogens with zero attached hydrogens (tertiary/aromatic N) is 3. The molecule has 3 aliphatic rings. The van der Waals surface area contributed by atoms with E-state index >= 15 is 0 Å². The minimum absolute atomic E-state index is 0.0199. The lowest BCUT2D eigenvalue weighted by Crippen LogP contribution is -2.45. The lowest BCUT2D eigenvalue weighted by molar-refractivity contribution is -0.142. The van der Waals surface area contributed by atoms with E-state index in [0.29, 0.717) is 19.7 Å². The second-order valence-corrected chi connectivity index (χ2v) is 9.57. The third-order valence-corrected chi connectivity index (χ3v) is 7.31. The van der Waals surface area contributed by atoms with Gasteiger partial charge in [0, 0.05) is 56.5 Å². The first-order valence-corrected chi connectivity index (χ1v) is 11.8. The predicted molar refractivity (Wildman–Crippen MR) is 115 cm³/mol. The molecule has 1 amide bonds. The molecule has 2 atom stereocenters. The Morgan fingerprint density at radius 1 is 1.30 bits per heavy atom. The van der Waals surface area contributed by atoms with Gasteiger partial charge in [0.1, 0.15) is 11.9 Å². The van der Waals surface area contributed by atoms with Crippen LogP contribution in [0, 0.1) is 0 Å². The number of ether oxygens (including phenoxy) is 1. The predicted octanol–water partition coefficient (Wildman–Crippen LogP) is 2.27. The second kappa shape index (κ2) is 8.61. The second-order valence-electron chi connectivity index (χ2n) is 8.54. The van der Waals surface area contributed by atoms with Gasteiger partial charge in [-0.15, -0.1) is 11.3 Å². The summed E-state index contributed by atoms with van der Waals surface area (Å²) in [7, 11) is 0. The number of nitrogens with one attached hydrogen (secondary N) is 1. The summed E-state index contributed by atoms with van der Waals surface area (Å²) < 4.78 is 5.58. The fourth-order valence-corrected chi connectivity index (χ4v) is 5.57. The van der Waals surface area contributed by atoms with Gasteiger partial charge in [-0.25, -0.2) is 4.98 Å². The standard InChI is InChI=1S/C22H28N4O3S/c27-21-17-14-25(13-16-5-3-11-30-16)9-7-18(17)23-20(24-21)15-4-1-8-26(12-15)22(28)19-6-2-10-29-19/h3,5,11,15,19H,1-2,4,6-10,12-14H2,(H,23,24,27)/t15-,19-/m0/s1. The number of likely N-dealkylation sites (tertiary alicyclic amines) is 1. The van der Waals surface area contributed by atoms with Crippen LogP contribution in [0.4, 0.5) is 0 Å². The highest BCUT2D eigenvalue weighted by Crippen LogP contribution is 2.27. The minimum atomic E-state index is -0.284. The lowest BCUT2D eigenvalue weighted by Gasteiger charge is -2.34. The van der Waals surface area contributed by atoms with Crippen LogP contribution < -0.4 is 5.56 Å². The summed E-state index contributed by atoms with van der Waals surface area (Å²) in [5, 5.41) is 2.09. The number of carbonyl (C=O) groups is 1. The number of aromatic amines is 1. The van der Waals surface area contributed by atoms with Gasteiger partial charge in [0.25, 0.3) is 11.5 Å². The molecule has 1 N–H and O–H groups in total.